The topological polar surface area (TPSA) is 99.6 Å². The van der Waals surface area contributed by atoms with Gasteiger partial charge in [0.05, 0.1) is 0 Å². The lowest BCUT2D eigenvalue weighted by molar-refractivity contribution is -0.116. The van der Waals surface area contributed by atoms with Gasteiger partial charge in [-0.2, -0.15) is 0 Å². The van der Waals surface area contributed by atoms with Crippen LogP contribution >= 0.6 is 0 Å². The maximum atomic E-state index is 12.6. The van der Waals surface area contributed by atoms with Crippen LogP contribution in [0.3, 0.4) is 0 Å². The number of carbonyl (C=O) groups excluding carboxylic acids is 2. The number of aromatic nitrogens is 1. The minimum atomic E-state index is -1.21. The molecule has 2 rings (SSSR count). The minimum absolute atomic E-state index is 0.00776. The maximum absolute atomic E-state index is 12.6. The highest BCUT2D eigenvalue weighted by Crippen LogP contribution is 2.19. The van der Waals surface area contributed by atoms with Crippen molar-refractivity contribution in [2.45, 2.75) is 20.8 Å². The number of pyridine rings is 1. The second kappa shape index (κ2) is 8.24. The number of carbonyl (C=O) groups is 3. The molecule has 0 atom stereocenters. The van der Waals surface area contributed by atoms with E-state index in [2.05, 4.69) is 10.3 Å². The van der Waals surface area contributed by atoms with E-state index in [4.69, 9.17) is 5.11 Å². The van der Waals surface area contributed by atoms with E-state index in [0.29, 0.717) is 0 Å². The van der Waals surface area contributed by atoms with Crippen LogP contribution in [0.2, 0.25) is 0 Å². The second-order valence-corrected chi connectivity index (χ2v) is 5.85. The van der Waals surface area contributed by atoms with E-state index in [1.807, 2.05) is 32.0 Å². The first kappa shape index (κ1) is 19.1. The normalized spacial score (nSPS) is 10.3. The van der Waals surface area contributed by atoms with Crippen molar-refractivity contribution in [2.75, 3.05) is 18.4 Å². The van der Waals surface area contributed by atoms with Crippen LogP contribution in [0.4, 0.5) is 5.69 Å². The van der Waals surface area contributed by atoms with E-state index < -0.39 is 11.9 Å². The van der Waals surface area contributed by atoms with Crippen LogP contribution in [0, 0.1) is 13.8 Å². The van der Waals surface area contributed by atoms with Crippen molar-refractivity contribution in [1.29, 1.82) is 0 Å². The number of nitrogens with one attached hydrogen (secondary N) is 1. The summed E-state index contributed by atoms with van der Waals surface area (Å²) in [4.78, 5) is 41.1. The van der Waals surface area contributed by atoms with Crippen molar-refractivity contribution in [3.05, 3.63) is 58.9 Å². The Hall–Kier alpha value is -3.22. The van der Waals surface area contributed by atoms with E-state index in [1.54, 1.807) is 6.92 Å². The zero-order valence-electron chi connectivity index (χ0n) is 14.9. The van der Waals surface area contributed by atoms with E-state index in [9.17, 15) is 14.4 Å². The second-order valence-electron chi connectivity index (χ2n) is 5.85. The van der Waals surface area contributed by atoms with Gasteiger partial charge < -0.3 is 15.3 Å². The molecule has 2 amide bonds. The Labute approximate surface area is 151 Å². The molecule has 0 unspecified atom stereocenters. The number of benzene rings is 1. The molecule has 136 valence electrons. The fourth-order valence-corrected chi connectivity index (χ4v) is 2.53. The standard InChI is InChI=1S/C19H21N3O4/c1-4-22(18(24)14-9-6-10-15(20-14)19(25)26)11-16(23)21-17-12(2)7-5-8-13(17)3/h5-10H,4,11H2,1-3H3,(H,21,23)(H,25,26). The van der Waals surface area contributed by atoms with Crippen molar-refractivity contribution in [3.8, 4) is 0 Å². The summed E-state index contributed by atoms with van der Waals surface area (Å²) in [5.41, 5.74) is 2.37. The van der Waals surface area contributed by atoms with Gasteiger partial charge in [-0.15, -0.1) is 0 Å². The smallest absolute Gasteiger partial charge is 0.354 e. The van der Waals surface area contributed by atoms with Gasteiger partial charge in [0, 0.05) is 12.2 Å². The Kier molecular flexibility index (Phi) is 6.06. The molecule has 7 nitrogen and oxygen atoms in total. The summed E-state index contributed by atoms with van der Waals surface area (Å²) in [5.74, 6) is -2.03. The third-order valence-electron chi connectivity index (χ3n) is 3.94. The number of likely N-dealkylation sites (N-methyl/N-ethyl adjacent to an activating group) is 1. The van der Waals surface area contributed by atoms with Crippen LogP contribution in [0.1, 0.15) is 39.0 Å². The molecule has 1 aromatic carbocycles. The molecule has 0 fully saturated rings. The van der Waals surface area contributed by atoms with Gasteiger partial charge in [-0.3, -0.25) is 9.59 Å². The number of amides is 2. The van der Waals surface area contributed by atoms with Crippen LogP contribution in [0.15, 0.2) is 36.4 Å². The Morgan fingerprint density at radius 1 is 1.04 bits per heavy atom. The molecule has 7 heteroatoms. The molecule has 2 N–H and O–H groups in total. The number of para-hydroxylation sites is 1. The van der Waals surface area contributed by atoms with Gasteiger partial charge >= 0.3 is 5.97 Å². The third kappa shape index (κ3) is 4.44. The fourth-order valence-electron chi connectivity index (χ4n) is 2.53. The highest BCUT2D eigenvalue weighted by atomic mass is 16.4. The summed E-state index contributed by atoms with van der Waals surface area (Å²) in [7, 11) is 0. The van der Waals surface area contributed by atoms with Crippen molar-refractivity contribution >= 4 is 23.5 Å². The summed E-state index contributed by atoms with van der Waals surface area (Å²) >= 11 is 0. The van der Waals surface area contributed by atoms with Crippen molar-refractivity contribution in [1.82, 2.24) is 9.88 Å². The molecule has 1 aromatic heterocycles. The molecule has 0 saturated heterocycles. The summed E-state index contributed by atoms with van der Waals surface area (Å²) in [6.45, 7) is 5.67. The molecular formula is C19H21N3O4. The van der Waals surface area contributed by atoms with E-state index in [0.717, 1.165) is 16.8 Å². The largest absolute Gasteiger partial charge is 0.477 e. The van der Waals surface area contributed by atoms with Crippen molar-refractivity contribution in [2.24, 2.45) is 0 Å². The molecular weight excluding hydrogens is 334 g/mol. The molecule has 0 radical (unpaired) electrons. The van der Waals surface area contributed by atoms with Gasteiger partial charge in [0.15, 0.2) is 0 Å². The summed E-state index contributed by atoms with van der Waals surface area (Å²) in [6.07, 6.45) is 0. The summed E-state index contributed by atoms with van der Waals surface area (Å²) in [6, 6.07) is 9.89. The van der Waals surface area contributed by atoms with Crippen LogP contribution in [0.5, 0.6) is 0 Å². The Morgan fingerprint density at radius 2 is 1.62 bits per heavy atom. The molecule has 0 saturated carbocycles. The lowest BCUT2D eigenvalue weighted by atomic mass is 10.1. The number of carboxylic acids is 1. The molecule has 0 aliphatic carbocycles. The first-order valence-corrected chi connectivity index (χ1v) is 8.19. The van der Waals surface area contributed by atoms with Crippen LogP contribution in [0.25, 0.3) is 0 Å². The first-order valence-electron chi connectivity index (χ1n) is 8.19. The molecule has 0 bridgehead atoms. The average molecular weight is 355 g/mol. The van der Waals surface area contributed by atoms with Gasteiger partial charge in [0.1, 0.15) is 17.9 Å². The van der Waals surface area contributed by atoms with Gasteiger partial charge in [-0.1, -0.05) is 24.3 Å². The quantitative estimate of drug-likeness (QED) is 0.829. The number of hydrogen-bond donors (Lipinski definition) is 2. The van der Waals surface area contributed by atoms with Crippen molar-refractivity contribution in [3.63, 3.8) is 0 Å². The number of nitrogens with zero attached hydrogens (tertiary/aromatic N) is 2. The average Bonchev–Trinajstić information content (AvgIpc) is 2.62. The number of anilines is 1. The minimum Gasteiger partial charge on any atom is -0.477 e. The molecule has 0 spiro atoms. The zero-order valence-corrected chi connectivity index (χ0v) is 14.9. The number of rotatable bonds is 6. The number of aromatic carboxylic acids is 1. The van der Waals surface area contributed by atoms with E-state index in [-0.39, 0.29) is 30.4 Å². The zero-order chi connectivity index (χ0) is 19.3. The summed E-state index contributed by atoms with van der Waals surface area (Å²) in [5, 5.41) is 11.8. The van der Waals surface area contributed by atoms with Gasteiger partial charge in [0.2, 0.25) is 5.91 Å². The van der Waals surface area contributed by atoms with E-state index in [1.165, 1.54) is 23.1 Å². The predicted octanol–water partition coefficient (Wildman–Crippen LogP) is 2.50. The predicted molar refractivity (Wildman–Crippen MR) is 97.3 cm³/mol. The van der Waals surface area contributed by atoms with Crippen molar-refractivity contribution < 1.29 is 19.5 Å². The molecule has 26 heavy (non-hydrogen) atoms. The lowest BCUT2D eigenvalue weighted by Crippen LogP contribution is -2.38. The number of aryl methyl sites for hydroxylation is 2. The Balaban J connectivity index is 2.13. The van der Waals surface area contributed by atoms with Gasteiger partial charge in [0.25, 0.3) is 5.91 Å². The molecule has 0 aliphatic rings. The lowest BCUT2D eigenvalue weighted by Gasteiger charge is -2.21. The SMILES string of the molecule is CCN(CC(=O)Nc1c(C)cccc1C)C(=O)c1cccc(C(=O)O)n1. The third-order valence-corrected chi connectivity index (χ3v) is 3.94. The van der Waals surface area contributed by atoms with Crippen LogP contribution in [-0.4, -0.2) is 45.9 Å². The van der Waals surface area contributed by atoms with Crippen LogP contribution in [-0.2, 0) is 4.79 Å². The fraction of sp³-hybridized carbons (Fsp3) is 0.263. The first-order chi connectivity index (χ1) is 12.3. The van der Waals surface area contributed by atoms with Crippen LogP contribution < -0.4 is 5.32 Å². The molecule has 1 heterocycles. The number of hydrogen-bond acceptors (Lipinski definition) is 4. The molecule has 0 aliphatic heterocycles. The maximum Gasteiger partial charge on any atom is 0.354 e. The van der Waals surface area contributed by atoms with E-state index >= 15 is 0 Å². The Morgan fingerprint density at radius 3 is 2.19 bits per heavy atom. The highest BCUT2D eigenvalue weighted by Gasteiger charge is 2.20. The Bertz CT molecular complexity index is 828. The molecule has 2 aromatic rings. The highest BCUT2D eigenvalue weighted by molar-refractivity contribution is 5.99. The summed E-state index contributed by atoms with van der Waals surface area (Å²) < 4.78 is 0. The number of carboxylic acid groups (broad SMARTS) is 1. The monoisotopic (exact) mass is 355 g/mol. The van der Waals surface area contributed by atoms with Gasteiger partial charge in [-0.25, -0.2) is 9.78 Å². The van der Waals surface area contributed by atoms with Gasteiger partial charge in [-0.05, 0) is 44.0 Å².